The number of fused-ring (bicyclic) bond motifs is 2. The number of aliphatic carboxylic acids is 1. The summed E-state index contributed by atoms with van der Waals surface area (Å²) in [6.45, 7) is -0.0860. The lowest BCUT2D eigenvalue weighted by molar-refractivity contribution is -0.145. The Bertz CT molecular complexity index is 235. The van der Waals surface area contributed by atoms with Gasteiger partial charge in [0.05, 0.1) is 6.10 Å². The van der Waals surface area contributed by atoms with Crippen LogP contribution in [0.25, 0.3) is 1.43 Å². The number of carboxylic acid groups (broad SMARTS) is 1. The molecular formula is C10H17NO3. The van der Waals surface area contributed by atoms with Gasteiger partial charge < -0.3 is 14.7 Å². The Morgan fingerprint density at radius 3 is 2.79 bits per heavy atom. The van der Waals surface area contributed by atoms with Crippen molar-refractivity contribution in [3.63, 3.8) is 0 Å². The van der Waals surface area contributed by atoms with Gasteiger partial charge in [-0.15, -0.1) is 0 Å². The van der Waals surface area contributed by atoms with E-state index in [2.05, 4.69) is 17.1 Å². The van der Waals surface area contributed by atoms with E-state index in [9.17, 15) is 4.79 Å². The lowest BCUT2D eigenvalue weighted by Crippen LogP contribution is -2.43. The molecular weight excluding hydrogens is 182 g/mol. The van der Waals surface area contributed by atoms with E-state index >= 15 is 0 Å². The summed E-state index contributed by atoms with van der Waals surface area (Å²) in [6, 6.07) is 1.22. The lowest BCUT2D eigenvalue weighted by atomic mass is 10.0. The Labute approximate surface area is 85.3 Å². The molecule has 0 amide bonds. The van der Waals surface area contributed by atoms with E-state index in [1.165, 1.54) is 12.8 Å². The summed E-state index contributed by atoms with van der Waals surface area (Å²) >= 11 is 0. The molecule has 2 aliphatic heterocycles. The summed E-state index contributed by atoms with van der Waals surface area (Å²) in [5.41, 5.74) is 0. The van der Waals surface area contributed by atoms with Gasteiger partial charge in [0.15, 0.2) is 0 Å². The fraction of sp³-hybridized carbons (Fsp3) is 0.900. The number of ether oxygens (including phenoxy) is 1. The molecule has 1 N–H and O–H groups in total. The van der Waals surface area contributed by atoms with Gasteiger partial charge in [-0.2, -0.15) is 0 Å². The van der Waals surface area contributed by atoms with Gasteiger partial charge >= 0.3 is 5.97 Å². The standard InChI is InChI=1S/C10H17NO3/c1-11-7-2-3-8(11)5-9(4-7)14-6-10(12)13/h7-9H,2-6H2,1H3,(H,12,13)/i/hT. The maximum absolute atomic E-state index is 10.8. The summed E-state index contributed by atoms with van der Waals surface area (Å²) < 4.78 is 11.9. The summed E-state index contributed by atoms with van der Waals surface area (Å²) in [6.07, 6.45) is 4.64. The van der Waals surface area contributed by atoms with Crippen LogP contribution >= 0.6 is 0 Å². The smallest absolute Gasteiger partial charge is 0.329 e. The number of piperidine rings is 1. The van der Waals surface area contributed by atoms with Crippen LogP contribution in [0.3, 0.4) is 0 Å². The molecule has 0 aromatic carbocycles. The summed E-state index contributed by atoms with van der Waals surface area (Å²) in [5.74, 6) is -0.610. The van der Waals surface area contributed by atoms with Gasteiger partial charge in [-0.05, 0) is 32.7 Å². The fourth-order valence-corrected chi connectivity index (χ4v) is 2.68. The van der Waals surface area contributed by atoms with Crippen molar-refractivity contribution in [3.05, 3.63) is 0 Å². The van der Waals surface area contributed by atoms with Crippen molar-refractivity contribution < 1.29 is 14.6 Å². The first-order chi connectivity index (χ1) is 7.20. The Hall–Kier alpha value is -0.610. The van der Waals surface area contributed by atoms with E-state index in [0.717, 1.165) is 12.8 Å². The minimum Gasteiger partial charge on any atom is -0.480 e. The predicted molar refractivity (Wildman–Crippen MR) is 51.2 cm³/mol. The number of rotatable bonds is 3. The van der Waals surface area contributed by atoms with Gasteiger partial charge in [-0.25, -0.2) is 4.79 Å². The third kappa shape index (κ3) is 1.91. The lowest BCUT2D eigenvalue weighted by Gasteiger charge is -2.35. The maximum Gasteiger partial charge on any atom is 0.329 e. The van der Waals surface area contributed by atoms with Crippen LogP contribution in [0.5, 0.6) is 0 Å². The highest BCUT2D eigenvalue weighted by molar-refractivity contribution is 5.68. The molecule has 2 bridgehead atoms. The van der Waals surface area contributed by atoms with Crippen molar-refractivity contribution in [2.24, 2.45) is 0 Å². The van der Waals surface area contributed by atoms with Crippen molar-refractivity contribution >= 4 is 5.97 Å². The van der Waals surface area contributed by atoms with Gasteiger partial charge in [-0.3, -0.25) is 0 Å². The van der Waals surface area contributed by atoms with E-state index in [0.29, 0.717) is 12.1 Å². The molecule has 4 nitrogen and oxygen atoms in total. The molecule has 2 atom stereocenters. The highest BCUT2D eigenvalue weighted by atomic mass is 16.5. The first-order valence-electron chi connectivity index (χ1n) is 5.61. The van der Waals surface area contributed by atoms with Crippen LogP contribution in [-0.2, 0) is 9.53 Å². The maximum atomic E-state index is 10.8. The molecule has 2 saturated heterocycles. The zero-order chi connectivity index (χ0) is 10.8. The van der Waals surface area contributed by atoms with Gasteiger partial charge in [0.2, 0.25) is 0 Å². The molecule has 0 aliphatic carbocycles. The molecule has 0 radical (unpaired) electrons. The first-order valence-corrected chi connectivity index (χ1v) is 5.20. The highest BCUT2D eigenvalue weighted by Crippen LogP contribution is 2.35. The first kappa shape index (κ1) is 8.68. The minimum absolute atomic E-state index is 0.0860. The predicted octanol–water partition coefficient (Wildman–Crippen LogP) is 0.713. The third-order valence-corrected chi connectivity index (χ3v) is 3.49. The molecule has 2 rings (SSSR count). The van der Waals surface area contributed by atoms with E-state index in [4.69, 9.17) is 6.17 Å². The molecule has 0 aromatic heterocycles. The van der Waals surface area contributed by atoms with Crippen LogP contribution in [0.2, 0.25) is 0 Å². The van der Waals surface area contributed by atoms with E-state index in [1.54, 1.807) is 0 Å². The normalized spacial score (nSPS) is 38.1. The quantitative estimate of drug-likeness (QED) is 0.730. The second kappa shape index (κ2) is 3.87. The van der Waals surface area contributed by atoms with Crippen LogP contribution in [0, 0.1) is 0 Å². The van der Waals surface area contributed by atoms with Gasteiger partial charge in [0.1, 0.15) is 6.61 Å². The largest absolute Gasteiger partial charge is 0.480 e. The number of carboxylic acids is 1. The number of carbonyl (C=O) groups is 1. The van der Waals surface area contributed by atoms with Gasteiger partial charge in [-0.1, -0.05) is 0 Å². The van der Waals surface area contributed by atoms with Crippen molar-refractivity contribution in [3.8, 4) is 0 Å². The Balaban J connectivity index is 1.79. The van der Waals surface area contributed by atoms with E-state index < -0.39 is 5.97 Å². The van der Waals surface area contributed by atoms with Crippen LogP contribution < -0.4 is 0 Å². The number of hydrogen-bond donors (Lipinski definition) is 1. The van der Waals surface area contributed by atoms with E-state index in [-0.39, 0.29) is 12.7 Å². The molecule has 80 valence electrons. The number of hydrogen-bond acceptors (Lipinski definition) is 4. The average Bonchev–Trinajstić information content (AvgIpc) is 2.50. The molecule has 4 heteroatoms. The van der Waals surface area contributed by atoms with Crippen molar-refractivity contribution in [1.29, 1.82) is 1.43 Å². The third-order valence-electron chi connectivity index (χ3n) is 3.49. The summed E-state index contributed by atoms with van der Waals surface area (Å²) in [5, 5.41) is 3.81. The minimum atomic E-state index is -0.610. The van der Waals surface area contributed by atoms with Gasteiger partial charge in [0, 0.05) is 12.1 Å². The van der Waals surface area contributed by atoms with Crippen molar-refractivity contribution in [2.75, 3.05) is 13.7 Å². The van der Waals surface area contributed by atoms with Crippen LogP contribution in [0.1, 0.15) is 25.7 Å². The molecule has 14 heavy (non-hydrogen) atoms. The van der Waals surface area contributed by atoms with Crippen LogP contribution in [0.15, 0.2) is 0 Å². The zero-order valence-electron chi connectivity index (χ0n) is 9.44. The monoisotopic (exact) mass is 201 g/mol. The van der Waals surface area contributed by atoms with E-state index in [1.807, 2.05) is 0 Å². The van der Waals surface area contributed by atoms with Crippen LogP contribution in [-0.4, -0.2) is 47.8 Å². The molecule has 2 aliphatic rings. The molecule has 2 fully saturated rings. The average molecular weight is 201 g/mol. The molecule has 0 aromatic rings. The van der Waals surface area contributed by atoms with Crippen molar-refractivity contribution in [2.45, 2.75) is 43.9 Å². The topological polar surface area (TPSA) is 49.8 Å². The molecule has 0 spiro atoms. The van der Waals surface area contributed by atoms with Gasteiger partial charge in [0.25, 0.3) is 1.43 Å². The Morgan fingerprint density at radius 1 is 1.57 bits per heavy atom. The second-order valence-electron chi connectivity index (χ2n) is 4.33. The molecule has 2 heterocycles. The Morgan fingerprint density at radius 2 is 2.21 bits per heavy atom. The fourth-order valence-electron chi connectivity index (χ4n) is 2.68. The molecule has 2 unspecified atom stereocenters. The molecule has 0 saturated carbocycles. The second-order valence-corrected chi connectivity index (χ2v) is 4.33. The highest BCUT2D eigenvalue weighted by Gasteiger charge is 2.38. The van der Waals surface area contributed by atoms with Crippen molar-refractivity contribution in [1.82, 2.24) is 4.90 Å². The zero-order valence-corrected chi connectivity index (χ0v) is 8.44. The number of nitrogens with zero attached hydrogens (tertiary/aromatic N) is 1. The SMILES string of the molecule is [3H]OC(=O)COC1CC2CCC(C1)N2C. The summed E-state index contributed by atoms with van der Waals surface area (Å²) in [7, 11) is 2.16. The Kier molecular flexibility index (Phi) is 2.40. The summed E-state index contributed by atoms with van der Waals surface area (Å²) in [4.78, 5) is 13.2. The van der Waals surface area contributed by atoms with Crippen LogP contribution in [0.4, 0.5) is 0 Å².